The van der Waals surface area contributed by atoms with Crippen molar-refractivity contribution in [2.24, 2.45) is 0 Å². The predicted octanol–water partition coefficient (Wildman–Crippen LogP) is 3.00. The Morgan fingerprint density at radius 3 is 2.50 bits per heavy atom. The second kappa shape index (κ2) is 5.29. The first-order chi connectivity index (χ1) is 8.27. The molecule has 0 amide bonds. The van der Waals surface area contributed by atoms with Crippen LogP contribution in [0.25, 0.3) is 0 Å². The molecule has 1 aromatic carbocycles. The number of carbonyl (C=O) groups is 1. The smallest absolute Gasteiger partial charge is 0.416 e. The Balaban J connectivity index is 3.06. The molecule has 6 heteroatoms. The molecule has 1 atom stereocenters. The minimum Gasteiger partial charge on any atom is -0.480 e. The van der Waals surface area contributed by atoms with Gasteiger partial charge in [-0.25, -0.2) is 4.79 Å². The normalized spacial score (nSPS) is 13.2. The number of nitrogens with zero attached hydrogens (tertiary/aromatic N) is 1. The van der Waals surface area contributed by atoms with Crippen molar-refractivity contribution in [3.63, 3.8) is 0 Å². The van der Waals surface area contributed by atoms with Crippen LogP contribution in [0.3, 0.4) is 0 Å². The van der Waals surface area contributed by atoms with Crippen LogP contribution < -0.4 is 4.90 Å². The first-order valence-electron chi connectivity index (χ1n) is 5.40. The molecule has 0 bridgehead atoms. The van der Waals surface area contributed by atoms with Crippen LogP contribution >= 0.6 is 0 Å². The van der Waals surface area contributed by atoms with Gasteiger partial charge in [0.25, 0.3) is 0 Å². The van der Waals surface area contributed by atoms with E-state index >= 15 is 0 Å². The Kier molecular flexibility index (Phi) is 4.21. The third kappa shape index (κ3) is 3.15. The number of aliphatic carboxylic acids is 1. The van der Waals surface area contributed by atoms with Crippen LogP contribution in [0.5, 0.6) is 0 Å². The van der Waals surface area contributed by atoms with Crippen molar-refractivity contribution >= 4 is 11.7 Å². The van der Waals surface area contributed by atoms with Crippen molar-refractivity contribution in [3.8, 4) is 0 Å². The van der Waals surface area contributed by atoms with Gasteiger partial charge in [0, 0.05) is 12.7 Å². The molecule has 0 aromatic heterocycles. The Bertz CT molecular complexity index is 432. The summed E-state index contributed by atoms with van der Waals surface area (Å²) in [6.07, 6.45) is -4.12. The van der Waals surface area contributed by atoms with Crippen molar-refractivity contribution in [2.75, 3.05) is 11.9 Å². The zero-order valence-electron chi connectivity index (χ0n) is 10.0. The van der Waals surface area contributed by atoms with Crippen LogP contribution in [-0.4, -0.2) is 24.2 Å². The number of anilines is 1. The molecular formula is C12H14F3NO2. The van der Waals surface area contributed by atoms with Gasteiger partial charge in [0.15, 0.2) is 0 Å². The van der Waals surface area contributed by atoms with Gasteiger partial charge < -0.3 is 10.0 Å². The van der Waals surface area contributed by atoms with E-state index in [0.717, 1.165) is 12.1 Å². The molecule has 1 aromatic rings. The van der Waals surface area contributed by atoms with Crippen molar-refractivity contribution in [3.05, 3.63) is 29.8 Å². The van der Waals surface area contributed by atoms with Gasteiger partial charge in [-0.2, -0.15) is 13.2 Å². The molecule has 1 rings (SSSR count). The van der Waals surface area contributed by atoms with E-state index in [-0.39, 0.29) is 5.69 Å². The summed E-state index contributed by atoms with van der Waals surface area (Å²) in [4.78, 5) is 12.3. The van der Waals surface area contributed by atoms with Crippen LogP contribution in [-0.2, 0) is 11.0 Å². The molecule has 18 heavy (non-hydrogen) atoms. The van der Waals surface area contributed by atoms with Crippen LogP contribution in [0.15, 0.2) is 24.3 Å². The highest BCUT2D eigenvalue weighted by atomic mass is 19.4. The molecule has 1 unspecified atom stereocenters. The summed E-state index contributed by atoms with van der Waals surface area (Å²) in [7, 11) is 1.47. The first kappa shape index (κ1) is 14.3. The lowest BCUT2D eigenvalue weighted by Crippen LogP contribution is -2.38. The number of hydrogen-bond acceptors (Lipinski definition) is 2. The van der Waals surface area contributed by atoms with Crippen molar-refractivity contribution < 1.29 is 23.1 Å². The predicted molar refractivity (Wildman–Crippen MR) is 61.6 cm³/mol. The number of carboxylic acids is 1. The minimum absolute atomic E-state index is 0.235. The lowest BCUT2D eigenvalue weighted by molar-refractivity contribution is -0.138. The van der Waals surface area contributed by atoms with Gasteiger partial charge in [0.2, 0.25) is 0 Å². The maximum atomic E-state index is 12.5. The van der Waals surface area contributed by atoms with E-state index in [1.54, 1.807) is 6.92 Å². The van der Waals surface area contributed by atoms with E-state index < -0.39 is 23.8 Å². The maximum Gasteiger partial charge on any atom is 0.416 e. The molecule has 0 saturated carbocycles. The van der Waals surface area contributed by atoms with Gasteiger partial charge in [-0.15, -0.1) is 0 Å². The van der Waals surface area contributed by atoms with Crippen molar-refractivity contribution in [1.82, 2.24) is 0 Å². The van der Waals surface area contributed by atoms with E-state index in [4.69, 9.17) is 5.11 Å². The molecule has 0 aliphatic heterocycles. The van der Waals surface area contributed by atoms with Gasteiger partial charge in [-0.1, -0.05) is 13.0 Å². The Labute approximate surface area is 103 Å². The zero-order valence-corrected chi connectivity index (χ0v) is 10.0. The van der Waals surface area contributed by atoms with E-state index in [9.17, 15) is 18.0 Å². The Hall–Kier alpha value is -1.72. The highest BCUT2D eigenvalue weighted by Gasteiger charge is 2.31. The van der Waals surface area contributed by atoms with E-state index in [2.05, 4.69) is 0 Å². The summed E-state index contributed by atoms with van der Waals surface area (Å²) < 4.78 is 37.6. The Morgan fingerprint density at radius 1 is 1.44 bits per heavy atom. The maximum absolute atomic E-state index is 12.5. The summed E-state index contributed by atoms with van der Waals surface area (Å²) in [6, 6.07) is 3.79. The van der Waals surface area contributed by atoms with Crippen LogP contribution in [0, 0.1) is 0 Å². The average molecular weight is 261 g/mol. The van der Waals surface area contributed by atoms with Crippen molar-refractivity contribution in [2.45, 2.75) is 25.6 Å². The third-order valence-electron chi connectivity index (χ3n) is 2.72. The van der Waals surface area contributed by atoms with Gasteiger partial charge in [-0.3, -0.25) is 0 Å². The number of alkyl halides is 3. The quantitative estimate of drug-likeness (QED) is 0.905. The zero-order chi connectivity index (χ0) is 13.9. The molecule has 0 heterocycles. The second-order valence-corrected chi connectivity index (χ2v) is 3.92. The van der Waals surface area contributed by atoms with E-state index in [0.29, 0.717) is 6.42 Å². The summed E-state index contributed by atoms with van der Waals surface area (Å²) in [5, 5.41) is 8.97. The van der Waals surface area contributed by atoms with Crippen molar-refractivity contribution in [1.29, 1.82) is 0 Å². The van der Waals surface area contributed by atoms with Gasteiger partial charge in [0.1, 0.15) is 6.04 Å². The fourth-order valence-electron chi connectivity index (χ4n) is 1.70. The van der Waals surface area contributed by atoms with E-state index in [1.807, 2.05) is 0 Å². The lowest BCUT2D eigenvalue weighted by atomic mass is 10.1. The molecular weight excluding hydrogens is 247 g/mol. The fourth-order valence-corrected chi connectivity index (χ4v) is 1.70. The van der Waals surface area contributed by atoms with Gasteiger partial charge >= 0.3 is 12.1 Å². The molecule has 0 aliphatic rings. The molecule has 0 saturated heterocycles. The minimum atomic E-state index is -4.43. The largest absolute Gasteiger partial charge is 0.480 e. The van der Waals surface area contributed by atoms with Gasteiger partial charge in [0.05, 0.1) is 5.56 Å². The first-order valence-corrected chi connectivity index (χ1v) is 5.40. The number of likely N-dealkylation sites (N-methyl/N-ethyl adjacent to an activating group) is 1. The van der Waals surface area contributed by atoms with E-state index in [1.165, 1.54) is 24.1 Å². The standard InChI is InChI=1S/C12H14F3NO2/c1-3-10(11(17)18)16(2)9-6-4-5-8(7-9)12(13,14)15/h4-7,10H,3H2,1-2H3,(H,17,18). The fraction of sp³-hybridized carbons (Fsp3) is 0.417. The second-order valence-electron chi connectivity index (χ2n) is 3.92. The summed E-state index contributed by atoms with van der Waals surface area (Å²) in [6.45, 7) is 1.67. The average Bonchev–Trinajstić information content (AvgIpc) is 2.28. The number of hydrogen-bond donors (Lipinski definition) is 1. The number of carboxylic acid groups (broad SMARTS) is 1. The molecule has 1 N–H and O–H groups in total. The molecule has 0 fully saturated rings. The highest BCUT2D eigenvalue weighted by Crippen LogP contribution is 2.31. The van der Waals surface area contributed by atoms with Crippen LogP contribution in [0.1, 0.15) is 18.9 Å². The third-order valence-corrected chi connectivity index (χ3v) is 2.72. The molecule has 100 valence electrons. The highest BCUT2D eigenvalue weighted by molar-refractivity contribution is 5.78. The molecule has 0 aliphatic carbocycles. The molecule has 3 nitrogen and oxygen atoms in total. The van der Waals surface area contributed by atoms with Crippen LogP contribution in [0.2, 0.25) is 0 Å². The van der Waals surface area contributed by atoms with Crippen LogP contribution in [0.4, 0.5) is 18.9 Å². The monoisotopic (exact) mass is 261 g/mol. The summed E-state index contributed by atoms with van der Waals surface area (Å²) >= 11 is 0. The summed E-state index contributed by atoms with van der Waals surface area (Å²) in [5.41, 5.74) is -0.550. The Morgan fingerprint density at radius 2 is 2.06 bits per heavy atom. The number of rotatable bonds is 4. The molecule has 0 spiro atoms. The summed E-state index contributed by atoms with van der Waals surface area (Å²) in [5.74, 6) is -1.06. The SMILES string of the molecule is CCC(C(=O)O)N(C)c1cccc(C(F)(F)F)c1. The number of halogens is 3. The number of benzene rings is 1. The topological polar surface area (TPSA) is 40.5 Å². The lowest BCUT2D eigenvalue weighted by Gasteiger charge is -2.26. The molecule has 0 radical (unpaired) electrons. The van der Waals surface area contributed by atoms with Gasteiger partial charge in [-0.05, 0) is 24.6 Å².